The van der Waals surface area contributed by atoms with Gasteiger partial charge in [-0.05, 0) is 54.8 Å². The van der Waals surface area contributed by atoms with E-state index in [2.05, 4.69) is 5.32 Å². The highest BCUT2D eigenvalue weighted by Crippen LogP contribution is 2.26. The van der Waals surface area contributed by atoms with Gasteiger partial charge in [0.25, 0.3) is 10.0 Å². The van der Waals surface area contributed by atoms with E-state index in [1.165, 1.54) is 17.0 Å². The van der Waals surface area contributed by atoms with Crippen LogP contribution in [0.25, 0.3) is 0 Å². The minimum absolute atomic E-state index is 0.0165. The van der Waals surface area contributed by atoms with Crippen molar-refractivity contribution < 1.29 is 18.0 Å². The van der Waals surface area contributed by atoms with Gasteiger partial charge in [0.2, 0.25) is 11.8 Å². The lowest BCUT2D eigenvalue weighted by atomic mass is 10.0. The van der Waals surface area contributed by atoms with Crippen LogP contribution < -0.4 is 9.62 Å². The smallest absolute Gasteiger partial charge is 0.264 e. The van der Waals surface area contributed by atoms with Crippen LogP contribution in [0.3, 0.4) is 0 Å². The van der Waals surface area contributed by atoms with Gasteiger partial charge in [0.1, 0.15) is 12.6 Å². The summed E-state index contributed by atoms with van der Waals surface area (Å²) in [6.45, 7) is 3.79. The van der Waals surface area contributed by atoms with Gasteiger partial charge in [-0.1, -0.05) is 103 Å². The second-order valence-electron chi connectivity index (χ2n) is 10.3. The van der Waals surface area contributed by atoms with Gasteiger partial charge in [-0.2, -0.15) is 0 Å². The van der Waals surface area contributed by atoms with Crippen LogP contribution in [0.2, 0.25) is 5.02 Å². The fourth-order valence-electron chi connectivity index (χ4n) is 4.69. The van der Waals surface area contributed by atoms with E-state index in [4.69, 9.17) is 11.6 Å². The number of halogens is 1. The third-order valence-corrected chi connectivity index (χ3v) is 9.21. The summed E-state index contributed by atoms with van der Waals surface area (Å²) < 4.78 is 29.1. The second kappa shape index (κ2) is 14.8. The van der Waals surface area contributed by atoms with Crippen molar-refractivity contribution in [2.24, 2.45) is 0 Å². The fraction of sp³-hybridized carbons (Fsp3) is 0.235. The van der Waals surface area contributed by atoms with E-state index < -0.39 is 28.5 Å². The van der Waals surface area contributed by atoms with Gasteiger partial charge in [0, 0.05) is 24.5 Å². The van der Waals surface area contributed by atoms with Crippen LogP contribution in [0.1, 0.15) is 30.0 Å². The number of hydrogen-bond donors (Lipinski definition) is 1. The molecule has 4 aromatic rings. The number of hydrogen-bond acceptors (Lipinski definition) is 4. The number of anilines is 1. The summed E-state index contributed by atoms with van der Waals surface area (Å²) in [5, 5.41) is 3.38. The van der Waals surface area contributed by atoms with Crippen LogP contribution in [0.4, 0.5) is 5.69 Å². The largest absolute Gasteiger partial charge is 0.354 e. The normalized spacial score (nSPS) is 11.9. The molecule has 4 rings (SSSR count). The number of aryl methyl sites for hydroxylation is 1. The minimum Gasteiger partial charge on any atom is -0.354 e. The highest BCUT2D eigenvalue weighted by atomic mass is 35.5. The molecule has 0 bridgehead atoms. The Balaban J connectivity index is 1.79. The van der Waals surface area contributed by atoms with Gasteiger partial charge in [0.05, 0.1) is 10.6 Å². The number of rotatable bonds is 13. The topological polar surface area (TPSA) is 86.8 Å². The zero-order valence-corrected chi connectivity index (χ0v) is 25.9. The number of amides is 2. The molecule has 0 aliphatic heterocycles. The summed E-state index contributed by atoms with van der Waals surface area (Å²) >= 11 is 6.53. The Hall–Kier alpha value is -4.14. The number of nitrogens with zero attached hydrogens (tertiary/aromatic N) is 2. The Morgan fingerprint density at radius 2 is 1.44 bits per heavy atom. The first-order valence-electron chi connectivity index (χ1n) is 14.2. The maximum absolute atomic E-state index is 14.4. The average molecular weight is 618 g/mol. The Bertz CT molecular complexity index is 1610. The zero-order valence-electron chi connectivity index (χ0n) is 24.3. The first-order valence-corrected chi connectivity index (χ1v) is 16.0. The molecular weight excluding hydrogens is 582 g/mol. The van der Waals surface area contributed by atoms with Crippen molar-refractivity contribution in [2.45, 2.75) is 44.2 Å². The predicted octanol–water partition coefficient (Wildman–Crippen LogP) is 6.01. The molecule has 0 radical (unpaired) electrons. The summed E-state index contributed by atoms with van der Waals surface area (Å²) in [5.41, 5.74) is 2.80. The van der Waals surface area contributed by atoms with E-state index in [-0.39, 0.29) is 23.8 Å². The third kappa shape index (κ3) is 8.24. The fourth-order valence-corrected chi connectivity index (χ4v) is 6.32. The molecule has 0 aliphatic rings. The van der Waals surface area contributed by atoms with Crippen molar-refractivity contribution in [3.05, 3.63) is 131 Å². The molecule has 2 amide bonds. The summed E-state index contributed by atoms with van der Waals surface area (Å²) in [6.07, 6.45) is 0.960. The highest BCUT2D eigenvalue weighted by molar-refractivity contribution is 7.92. The molecule has 43 heavy (non-hydrogen) atoms. The van der Waals surface area contributed by atoms with Gasteiger partial charge in [-0.3, -0.25) is 13.9 Å². The molecule has 1 N–H and O–H groups in total. The molecule has 0 saturated carbocycles. The molecule has 4 aromatic carbocycles. The van der Waals surface area contributed by atoms with Gasteiger partial charge in [0.15, 0.2) is 0 Å². The molecule has 0 saturated heterocycles. The van der Waals surface area contributed by atoms with Crippen molar-refractivity contribution in [1.82, 2.24) is 10.2 Å². The third-order valence-electron chi connectivity index (χ3n) is 7.05. The molecule has 7 nitrogen and oxygen atoms in total. The van der Waals surface area contributed by atoms with Crippen LogP contribution in [-0.2, 0) is 32.6 Å². The molecule has 0 fully saturated rings. The van der Waals surface area contributed by atoms with E-state index in [1.807, 2.05) is 50.2 Å². The van der Waals surface area contributed by atoms with Crippen LogP contribution in [0.5, 0.6) is 0 Å². The molecule has 0 spiro atoms. The highest BCUT2D eigenvalue weighted by Gasteiger charge is 2.34. The zero-order chi connectivity index (χ0) is 30.8. The van der Waals surface area contributed by atoms with Crippen molar-refractivity contribution in [3.8, 4) is 0 Å². The SMILES string of the molecule is CCCNC(=O)[C@@H](Cc1ccccc1)N(Cc1ccccc1Cl)C(=O)CN(c1ccc(C)cc1)S(=O)(=O)c1ccccc1. The monoisotopic (exact) mass is 617 g/mol. The van der Waals surface area contributed by atoms with Crippen molar-refractivity contribution in [2.75, 3.05) is 17.4 Å². The molecule has 9 heteroatoms. The Morgan fingerprint density at radius 3 is 2.07 bits per heavy atom. The van der Waals surface area contributed by atoms with E-state index in [0.29, 0.717) is 22.8 Å². The summed E-state index contributed by atoms with van der Waals surface area (Å²) in [4.78, 5) is 29.6. The van der Waals surface area contributed by atoms with Gasteiger partial charge in [-0.15, -0.1) is 0 Å². The summed E-state index contributed by atoms with van der Waals surface area (Å²) in [7, 11) is -4.14. The van der Waals surface area contributed by atoms with Crippen molar-refractivity contribution in [3.63, 3.8) is 0 Å². The lowest BCUT2D eigenvalue weighted by Crippen LogP contribution is -2.53. The number of nitrogens with one attached hydrogen (secondary N) is 1. The summed E-state index contributed by atoms with van der Waals surface area (Å²) in [6, 6.07) is 30.6. The van der Waals surface area contributed by atoms with E-state index >= 15 is 0 Å². The van der Waals surface area contributed by atoms with Gasteiger partial charge in [-0.25, -0.2) is 8.42 Å². The Labute approximate surface area is 259 Å². The maximum Gasteiger partial charge on any atom is 0.264 e. The summed E-state index contributed by atoms with van der Waals surface area (Å²) in [5.74, 6) is -0.855. The molecule has 0 heterocycles. The van der Waals surface area contributed by atoms with Crippen LogP contribution in [-0.4, -0.2) is 44.3 Å². The van der Waals surface area contributed by atoms with Crippen LogP contribution >= 0.6 is 11.6 Å². The Kier molecular flexibility index (Phi) is 11.0. The number of carbonyl (C=O) groups excluding carboxylic acids is 2. The van der Waals surface area contributed by atoms with Gasteiger partial charge >= 0.3 is 0 Å². The van der Waals surface area contributed by atoms with Crippen molar-refractivity contribution in [1.29, 1.82) is 0 Å². The second-order valence-corrected chi connectivity index (χ2v) is 12.5. The van der Waals surface area contributed by atoms with Crippen molar-refractivity contribution >= 4 is 39.1 Å². The van der Waals surface area contributed by atoms with E-state index in [0.717, 1.165) is 21.9 Å². The number of carbonyl (C=O) groups is 2. The van der Waals surface area contributed by atoms with Crippen LogP contribution in [0.15, 0.2) is 114 Å². The average Bonchev–Trinajstić information content (AvgIpc) is 3.02. The van der Waals surface area contributed by atoms with E-state index in [1.54, 1.807) is 60.7 Å². The first-order chi connectivity index (χ1) is 20.7. The molecule has 1 atom stereocenters. The first kappa shape index (κ1) is 31.8. The molecular formula is C34H36ClN3O4S. The standard InChI is InChI=1S/C34H36ClN3O4S/c1-3-22-36-34(40)32(23-27-12-6-4-7-13-27)37(24-28-14-10-11-17-31(28)35)33(39)25-38(29-20-18-26(2)19-21-29)43(41,42)30-15-8-5-9-16-30/h4-21,32H,3,22-25H2,1-2H3,(H,36,40)/t32-/m1/s1. The molecule has 0 unspecified atom stereocenters. The van der Waals surface area contributed by atoms with Crippen LogP contribution in [0, 0.1) is 6.92 Å². The maximum atomic E-state index is 14.4. The minimum atomic E-state index is -4.14. The lowest BCUT2D eigenvalue weighted by Gasteiger charge is -2.34. The predicted molar refractivity (Wildman–Crippen MR) is 171 cm³/mol. The number of sulfonamides is 1. The quantitative estimate of drug-likeness (QED) is 0.199. The Morgan fingerprint density at radius 1 is 0.837 bits per heavy atom. The van der Waals surface area contributed by atoms with Gasteiger partial charge < -0.3 is 10.2 Å². The number of benzene rings is 4. The molecule has 0 aromatic heterocycles. The van der Waals surface area contributed by atoms with E-state index in [9.17, 15) is 18.0 Å². The lowest BCUT2D eigenvalue weighted by molar-refractivity contribution is -0.140. The molecule has 224 valence electrons. The molecule has 0 aliphatic carbocycles.